The minimum Gasteiger partial charge on any atom is -0.460 e. The van der Waals surface area contributed by atoms with Crippen molar-refractivity contribution in [3.8, 4) is 0 Å². The van der Waals surface area contributed by atoms with E-state index in [-0.39, 0.29) is 11.9 Å². The normalized spacial score (nSPS) is 12.4. The van der Waals surface area contributed by atoms with Crippen molar-refractivity contribution in [1.29, 1.82) is 0 Å². The third kappa shape index (κ3) is 3.90. The Balaban J connectivity index is 2.35. The lowest BCUT2D eigenvalue weighted by Gasteiger charge is -2.08. The van der Waals surface area contributed by atoms with Gasteiger partial charge < -0.3 is 13.9 Å². The van der Waals surface area contributed by atoms with E-state index in [1.165, 1.54) is 11.8 Å². The zero-order valence-corrected chi connectivity index (χ0v) is 10.5. The van der Waals surface area contributed by atoms with E-state index in [4.69, 9.17) is 13.9 Å². The highest BCUT2D eigenvalue weighted by Crippen LogP contribution is 2.18. The van der Waals surface area contributed by atoms with E-state index in [2.05, 4.69) is 0 Å². The fourth-order valence-corrected chi connectivity index (χ4v) is 1.42. The summed E-state index contributed by atoms with van der Waals surface area (Å²) >= 11 is 1.44. The van der Waals surface area contributed by atoms with Crippen molar-refractivity contribution in [3.05, 3.63) is 17.9 Å². The van der Waals surface area contributed by atoms with E-state index >= 15 is 0 Å². The average molecular weight is 244 g/mol. The van der Waals surface area contributed by atoms with Crippen molar-refractivity contribution in [2.45, 2.75) is 24.5 Å². The standard InChI is InChI=1S/C11H16O4S/c1-8(13-2)6-7-14-11(12)9-4-5-10(15-9)16-3/h4-5,8H,6-7H2,1-3H3/t8-/m0/s1. The maximum atomic E-state index is 11.5. The summed E-state index contributed by atoms with van der Waals surface area (Å²) in [5, 5.41) is 0.706. The fraction of sp³-hybridized carbons (Fsp3) is 0.545. The molecule has 4 nitrogen and oxygen atoms in total. The highest BCUT2D eigenvalue weighted by molar-refractivity contribution is 7.98. The Morgan fingerprint density at radius 1 is 1.56 bits per heavy atom. The van der Waals surface area contributed by atoms with Crippen LogP contribution in [0, 0.1) is 0 Å². The minimum atomic E-state index is -0.427. The van der Waals surface area contributed by atoms with Gasteiger partial charge in [0.1, 0.15) is 0 Å². The van der Waals surface area contributed by atoms with E-state index in [9.17, 15) is 4.79 Å². The summed E-state index contributed by atoms with van der Waals surface area (Å²) in [6, 6.07) is 3.37. The van der Waals surface area contributed by atoms with Crippen LogP contribution in [0.5, 0.6) is 0 Å². The predicted octanol–water partition coefficient (Wildman–Crippen LogP) is 2.58. The van der Waals surface area contributed by atoms with Gasteiger partial charge in [0.15, 0.2) is 5.09 Å². The van der Waals surface area contributed by atoms with E-state index in [1.807, 2.05) is 13.2 Å². The van der Waals surface area contributed by atoms with Crippen LogP contribution in [0.25, 0.3) is 0 Å². The molecule has 90 valence electrons. The maximum absolute atomic E-state index is 11.5. The van der Waals surface area contributed by atoms with Gasteiger partial charge in [-0.2, -0.15) is 0 Å². The van der Waals surface area contributed by atoms with Gasteiger partial charge in [0.05, 0.1) is 12.7 Å². The summed E-state index contributed by atoms with van der Waals surface area (Å²) in [4.78, 5) is 11.5. The van der Waals surface area contributed by atoms with Gasteiger partial charge in [-0.1, -0.05) is 11.8 Å². The summed E-state index contributed by atoms with van der Waals surface area (Å²) < 4.78 is 15.3. The van der Waals surface area contributed by atoms with E-state index in [0.717, 1.165) is 0 Å². The molecule has 0 amide bonds. The molecule has 1 aromatic rings. The molecular weight excluding hydrogens is 228 g/mol. The van der Waals surface area contributed by atoms with E-state index in [1.54, 1.807) is 19.2 Å². The number of thioether (sulfide) groups is 1. The molecule has 1 rings (SSSR count). The van der Waals surface area contributed by atoms with E-state index in [0.29, 0.717) is 18.1 Å². The first-order valence-corrected chi connectivity index (χ1v) is 6.23. The molecule has 0 unspecified atom stereocenters. The first-order valence-electron chi connectivity index (χ1n) is 5.01. The molecule has 0 fully saturated rings. The fourth-order valence-electron chi connectivity index (χ4n) is 1.05. The number of furan rings is 1. The van der Waals surface area contributed by atoms with Crippen LogP contribution in [0.3, 0.4) is 0 Å². The van der Waals surface area contributed by atoms with Crippen LogP contribution in [-0.2, 0) is 9.47 Å². The first-order chi connectivity index (χ1) is 7.67. The Morgan fingerprint density at radius 2 is 2.31 bits per heavy atom. The zero-order chi connectivity index (χ0) is 12.0. The van der Waals surface area contributed by atoms with Gasteiger partial charge in [0, 0.05) is 13.5 Å². The van der Waals surface area contributed by atoms with Crippen molar-refractivity contribution in [2.75, 3.05) is 20.0 Å². The third-order valence-corrected chi connectivity index (χ3v) is 2.77. The summed E-state index contributed by atoms with van der Waals surface area (Å²) in [6.45, 7) is 2.26. The molecule has 0 radical (unpaired) electrons. The molecule has 0 aliphatic heterocycles. The molecule has 5 heteroatoms. The SMILES string of the molecule is CO[C@@H](C)CCOC(=O)c1ccc(SC)o1. The Hall–Kier alpha value is -0.940. The Labute approximate surface area is 99.3 Å². The molecular formula is C11H16O4S. The highest BCUT2D eigenvalue weighted by Gasteiger charge is 2.12. The van der Waals surface area contributed by atoms with Crippen molar-refractivity contribution in [2.24, 2.45) is 0 Å². The monoisotopic (exact) mass is 244 g/mol. The van der Waals surface area contributed by atoms with E-state index < -0.39 is 5.97 Å². The van der Waals surface area contributed by atoms with Crippen LogP contribution in [-0.4, -0.2) is 32.0 Å². The average Bonchev–Trinajstić information content (AvgIpc) is 2.77. The molecule has 1 aromatic heterocycles. The lowest BCUT2D eigenvalue weighted by atomic mass is 10.3. The molecule has 0 spiro atoms. The molecule has 0 aliphatic rings. The molecule has 0 saturated heterocycles. The topological polar surface area (TPSA) is 48.7 Å². The first kappa shape index (κ1) is 13.1. The largest absolute Gasteiger partial charge is 0.460 e. The van der Waals surface area contributed by atoms with Crippen LogP contribution in [0.15, 0.2) is 21.6 Å². The van der Waals surface area contributed by atoms with Gasteiger partial charge in [-0.15, -0.1) is 0 Å². The molecule has 1 atom stereocenters. The molecule has 0 saturated carbocycles. The van der Waals surface area contributed by atoms with Crippen molar-refractivity contribution in [3.63, 3.8) is 0 Å². The third-order valence-electron chi connectivity index (χ3n) is 2.14. The molecule has 1 heterocycles. The molecule has 0 bridgehead atoms. The van der Waals surface area contributed by atoms with Crippen LogP contribution in [0.2, 0.25) is 0 Å². The van der Waals surface area contributed by atoms with Crippen LogP contribution in [0.4, 0.5) is 0 Å². The quantitative estimate of drug-likeness (QED) is 0.568. The van der Waals surface area contributed by atoms with Gasteiger partial charge in [0.2, 0.25) is 5.76 Å². The second-order valence-corrected chi connectivity index (χ2v) is 4.10. The molecule has 0 aromatic carbocycles. The Morgan fingerprint density at radius 3 is 2.88 bits per heavy atom. The lowest BCUT2D eigenvalue weighted by Crippen LogP contribution is -2.12. The smallest absolute Gasteiger partial charge is 0.374 e. The van der Waals surface area contributed by atoms with Crippen LogP contribution < -0.4 is 0 Å². The number of carbonyl (C=O) groups excluding carboxylic acids is 1. The van der Waals surface area contributed by atoms with Crippen molar-refractivity contribution >= 4 is 17.7 Å². The summed E-state index contributed by atoms with van der Waals surface area (Å²) in [5.41, 5.74) is 0. The van der Waals surface area contributed by atoms with Crippen LogP contribution in [0.1, 0.15) is 23.9 Å². The van der Waals surface area contributed by atoms with Gasteiger partial charge in [0.25, 0.3) is 0 Å². The number of hydrogen-bond donors (Lipinski definition) is 0. The van der Waals surface area contributed by atoms with Gasteiger partial charge in [-0.05, 0) is 25.3 Å². The second kappa shape index (κ2) is 6.60. The summed E-state index contributed by atoms with van der Waals surface area (Å²) in [6.07, 6.45) is 2.65. The highest BCUT2D eigenvalue weighted by atomic mass is 32.2. The number of hydrogen-bond acceptors (Lipinski definition) is 5. The van der Waals surface area contributed by atoms with Crippen molar-refractivity contribution in [1.82, 2.24) is 0 Å². The lowest BCUT2D eigenvalue weighted by molar-refractivity contribution is 0.0355. The number of methoxy groups -OCH3 is 1. The Bertz CT molecular complexity index is 334. The van der Waals surface area contributed by atoms with Gasteiger partial charge in [-0.3, -0.25) is 0 Å². The van der Waals surface area contributed by atoms with Gasteiger partial charge in [-0.25, -0.2) is 4.79 Å². The number of rotatable bonds is 6. The minimum absolute atomic E-state index is 0.0890. The predicted molar refractivity (Wildman–Crippen MR) is 61.9 cm³/mol. The number of ether oxygens (including phenoxy) is 2. The summed E-state index contributed by atoms with van der Waals surface area (Å²) in [5.74, 6) is -0.182. The zero-order valence-electron chi connectivity index (χ0n) is 9.69. The second-order valence-electron chi connectivity index (χ2n) is 3.29. The van der Waals surface area contributed by atoms with Crippen LogP contribution >= 0.6 is 11.8 Å². The molecule has 0 aliphatic carbocycles. The molecule has 16 heavy (non-hydrogen) atoms. The van der Waals surface area contributed by atoms with Crippen molar-refractivity contribution < 1.29 is 18.7 Å². The number of esters is 1. The van der Waals surface area contributed by atoms with Gasteiger partial charge >= 0.3 is 5.97 Å². The Kier molecular flexibility index (Phi) is 5.42. The maximum Gasteiger partial charge on any atom is 0.374 e. The molecule has 0 N–H and O–H groups in total. The number of carbonyl (C=O) groups is 1. The summed E-state index contributed by atoms with van der Waals surface area (Å²) in [7, 11) is 1.63.